The molecule has 0 saturated carbocycles. The minimum atomic E-state index is -0.449. The van der Waals surface area contributed by atoms with Gasteiger partial charge in [-0.25, -0.2) is 4.79 Å². The number of nitrogens with zero attached hydrogens (tertiary/aromatic N) is 3. The second kappa shape index (κ2) is 24.0. The van der Waals surface area contributed by atoms with Gasteiger partial charge in [0.15, 0.2) is 0 Å². The fraction of sp³-hybridized carbons (Fsp3) is 0.342. The van der Waals surface area contributed by atoms with E-state index in [4.69, 9.17) is 43.1 Å². The Morgan fingerprint density at radius 1 is 0.717 bits per heavy atom. The number of carbonyl (C=O) groups excluding carboxylic acids is 2. The van der Waals surface area contributed by atoms with Crippen LogP contribution in [0.3, 0.4) is 0 Å². The predicted octanol–water partition coefficient (Wildman–Crippen LogP) is 8.32. The van der Waals surface area contributed by atoms with Gasteiger partial charge in [0, 0.05) is 50.2 Å². The molecule has 4 rings (SSSR count). The van der Waals surface area contributed by atoms with Gasteiger partial charge in [0.2, 0.25) is 0 Å². The summed E-state index contributed by atoms with van der Waals surface area (Å²) < 4.78 is 17.2. The number of anilines is 3. The number of urea groups is 1. The fourth-order valence-electron chi connectivity index (χ4n) is 4.72. The van der Waals surface area contributed by atoms with Crippen LogP contribution in [0, 0.1) is 0 Å². The molecule has 0 radical (unpaired) electrons. The topological polar surface area (TPSA) is 143 Å². The van der Waals surface area contributed by atoms with E-state index in [1.165, 1.54) is 13.2 Å². The average molecular weight is 791 g/mol. The third-order valence-electron chi connectivity index (χ3n) is 7.83. The first-order chi connectivity index (χ1) is 25.1. The molecule has 5 N–H and O–H groups in total. The lowest BCUT2D eigenvalue weighted by molar-refractivity contribution is 0.0957. The van der Waals surface area contributed by atoms with Crippen molar-refractivity contribution in [2.75, 3.05) is 75.9 Å². The molecule has 53 heavy (non-hydrogen) atoms. The van der Waals surface area contributed by atoms with Gasteiger partial charge in [-0.2, -0.15) is 0 Å². The Morgan fingerprint density at radius 2 is 1.26 bits per heavy atom. The van der Waals surface area contributed by atoms with Crippen LogP contribution in [0.5, 0.6) is 23.0 Å². The van der Waals surface area contributed by atoms with Crippen molar-refractivity contribution < 1.29 is 23.8 Å². The molecule has 0 saturated heterocycles. The molecule has 0 atom stereocenters. The number of pyridine rings is 1. The van der Waals surface area contributed by atoms with Crippen molar-refractivity contribution in [3.8, 4) is 23.0 Å². The molecule has 0 unspecified atom stereocenters. The largest absolute Gasteiger partial charge is 0.492 e. The molecule has 1 heterocycles. The zero-order valence-corrected chi connectivity index (χ0v) is 33.1. The van der Waals surface area contributed by atoms with E-state index in [2.05, 4.69) is 58.4 Å². The van der Waals surface area contributed by atoms with Gasteiger partial charge < -0.3 is 45.7 Å². The van der Waals surface area contributed by atoms with Gasteiger partial charge in [0.1, 0.15) is 41.9 Å². The number of nitrogens with two attached hydrogens (primary N) is 1. The number of aromatic nitrogens is 1. The summed E-state index contributed by atoms with van der Waals surface area (Å²) in [7, 11) is 1.53. The van der Waals surface area contributed by atoms with E-state index in [1.54, 1.807) is 66.7 Å². The molecule has 0 aliphatic heterocycles. The lowest BCUT2D eigenvalue weighted by Gasteiger charge is -2.18. The Balaban J connectivity index is 0.000000480. The number of benzene rings is 3. The molecule has 15 heteroatoms. The first-order valence-corrected chi connectivity index (χ1v) is 17.9. The van der Waals surface area contributed by atoms with E-state index in [1.807, 2.05) is 6.07 Å². The molecule has 4 aromatic rings. The summed E-state index contributed by atoms with van der Waals surface area (Å²) in [6, 6.07) is 20.0. The van der Waals surface area contributed by atoms with E-state index in [0.717, 1.165) is 45.0 Å². The van der Waals surface area contributed by atoms with Crippen LogP contribution in [0.25, 0.3) is 0 Å². The summed E-state index contributed by atoms with van der Waals surface area (Å²) >= 11 is 12.1. The molecule has 1 aromatic heterocycles. The van der Waals surface area contributed by atoms with Crippen LogP contribution in [0.1, 0.15) is 38.2 Å². The van der Waals surface area contributed by atoms with Crippen LogP contribution < -0.4 is 35.9 Å². The smallest absolute Gasteiger partial charge is 0.323 e. The Hall–Kier alpha value is -4.46. The van der Waals surface area contributed by atoms with Crippen molar-refractivity contribution in [1.29, 1.82) is 0 Å². The number of nitrogen functional groups attached to an aromatic ring is 1. The SMILES string of the molecule is CCN(CC)CCOc1ccc(Cl)c(N)c1.CCN(CC)CCOc1ccc(Cl)c(NC(=O)Nc2ccc(Oc3ccnc(C(=O)NC)c3)cc2)c1.Cl. The van der Waals surface area contributed by atoms with Gasteiger partial charge in [-0.3, -0.25) is 9.78 Å². The van der Waals surface area contributed by atoms with Crippen molar-refractivity contribution >= 4 is 64.6 Å². The van der Waals surface area contributed by atoms with Crippen LogP contribution >= 0.6 is 35.6 Å². The maximum atomic E-state index is 12.5. The van der Waals surface area contributed by atoms with Gasteiger partial charge >= 0.3 is 6.03 Å². The lowest BCUT2D eigenvalue weighted by Crippen LogP contribution is -2.27. The van der Waals surface area contributed by atoms with Crippen molar-refractivity contribution in [2.24, 2.45) is 0 Å². The first kappa shape index (κ1) is 44.7. The highest BCUT2D eigenvalue weighted by molar-refractivity contribution is 6.34. The van der Waals surface area contributed by atoms with Crippen LogP contribution in [-0.4, -0.2) is 86.3 Å². The maximum Gasteiger partial charge on any atom is 0.323 e. The highest BCUT2D eigenvalue weighted by Crippen LogP contribution is 2.28. The third-order valence-corrected chi connectivity index (χ3v) is 8.51. The Labute approximate surface area is 328 Å². The van der Waals surface area contributed by atoms with E-state index >= 15 is 0 Å². The second-order valence-corrected chi connectivity index (χ2v) is 12.1. The Kier molecular flexibility index (Phi) is 20.2. The summed E-state index contributed by atoms with van der Waals surface area (Å²) in [5, 5.41) is 8.99. The van der Waals surface area contributed by atoms with Gasteiger partial charge in [0.25, 0.3) is 5.91 Å². The summed E-state index contributed by atoms with van der Waals surface area (Å²) in [6.45, 7) is 15.5. The van der Waals surface area contributed by atoms with Crippen molar-refractivity contribution in [3.63, 3.8) is 0 Å². The number of hydrogen-bond donors (Lipinski definition) is 4. The lowest BCUT2D eigenvalue weighted by atomic mass is 10.3. The standard InChI is InChI=1S/C26H30ClN5O4.C12H19ClN2O.ClH/c1-4-32(5-2)14-15-35-20-10-11-22(27)23(16-20)31-26(34)30-18-6-8-19(9-7-18)36-21-12-13-29-24(17-21)25(33)28-3;1-3-15(4-2)7-8-16-10-5-6-11(13)12(14)9-10;/h6-13,16-17H,4-5,14-15H2,1-3H3,(H,28,33)(H2,30,31,34);5-6,9H,3-4,7-8,14H2,1-2H3;1H. The summed E-state index contributed by atoms with van der Waals surface area (Å²) in [6.07, 6.45) is 1.50. The highest BCUT2D eigenvalue weighted by atomic mass is 35.5. The van der Waals surface area contributed by atoms with Crippen LogP contribution in [0.4, 0.5) is 21.9 Å². The molecule has 0 aliphatic rings. The molecule has 288 valence electrons. The zero-order chi connectivity index (χ0) is 37.9. The highest BCUT2D eigenvalue weighted by Gasteiger charge is 2.10. The number of hydrogen-bond acceptors (Lipinski definition) is 9. The Bertz CT molecular complexity index is 1710. The molecule has 0 spiro atoms. The summed E-state index contributed by atoms with van der Waals surface area (Å²) in [4.78, 5) is 32.8. The summed E-state index contributed by atoms with van der Waals surface area (Å²) in [5.74, 6) is 2.10. The normalized spacial score (nSPS) is 10.4. The Morgan fingerprint density at radius 3 is 1.81 bits per heavy atom. The molecule has 0 aliphatic carbocycles. The number of nitrogens with one attached hydrogen (secondary N) is 3. The molecule has 12 nitrogen and oxygen atoms in total. The fourth-order valence-corrected chi connectivity index (χ4v) is 5.00. The summed E-state index contributed by atoms with van der Waals surface area (Å²) in [5.41, 5.74) is 7.49. The number of halogens is 3. The molecular formula is C38H50Cl3N7O5. The van der Waals surface area contributed by atoms with E-state index < -0.39 is 6.03 Å². The number of rotatable bonds is 17. The molecule has 3 aromatic carbocycles. The molecule has 3 amide bonds. The van der Waals surface area contributed by atoms with Crippen LogP contribution in [0.2, 0.25) is 10.0 Å². The number of amides is 3. The van der Waals surface area contributed by atoms with Gasteiger partial charge in [-0.1, -0.05) is 50.9 Å². The number of likely N-dealkylation sites (N-methyl/N-ethyl adjacent to an activating group) is 2. The van der Waals surface area contributed by atoms with E-state index in [9.17, 15) is 9.59 Å². The van der Waals surface area contributed by atoms with E-state index in [-0.39, 0.29) is 24.0 Å². The third kappa shape index (κ3) is 15.6. The van der Waals surface area contributed by atoms with Gasteiger partial charge in [0.05, 0.1) is 21.4 Å². The number of ether oxygens (including phenoxy) is 3. The van der Waals surface area contributed by atoms with E-state index in [0.29, 0.717) is 57.6 Å². The number of carbonyl (C=O) groups is 2. The monoisotopic (exact) mass is 789 g/mol. The van der Waals surface area contributed by atoms with Gasteiger partial charge in [-0.05, 0) is 80.8 Å². The molecule has 0 bridgehead atoms. The molecule has 0 fully saturated rings. The zero-order valence-electron chi connectivity index (χ0n) is 30.8. The maximum absolute atomic E-state index is 12.5. The average Bonchev–Trinajstić information content (AvgIpc) is 3.15. The van der Waals surface area contributed by atoms with Crippen LogP contribution in [-0.2, 0) is 0 Å². The van der Waals surface area contributed by atoms with Gasteiger partial charge in [-0.15, -0.1) is 12.4 Å². The van der Waals surface area contributed by atoms with Crippen LogP contribution in [0.15, 0.2) is 79.0 Å². The second-order valence-electron chi connectivity index (χ2n) is 11.2. The first-order valence-electron chi connectivity index (χ1n) is 17.2. The minimum absolute atomic E-state index is 0. The van der Waals surface area contributed by atoms with Crippen molar-refractivity contribution in [3.05, 3.63) is 94.7 Å². The minimum Gasteiger partial charge on any atom is -0.492 e. The molecular weight excluding hydrogens is 741 g/mol. The van der Waals surface area contributed by atoms with Crippen molar-refractivity contribution in [2.45, 2.75) is 27.7 Å². The quantitative estimate of drug-likeness (QED) is 0.0777. The van der Waals surface area contributed by atoms with Crippen molar-refractivity contribution in [1.82, 2.24) is 20.1 Å². The predicted molar refractivity (Wildman–Crippen MR) is 218 cm³/mol.